The number of fused-ring (bicyclic) bond motifs is 2. The molecule has 1 fully saturated rings. The largest absolute Gasteiger partial charge is 0.492 e. The van der Waals surface area contributed by atoms with Gasteiger partial charge in [0.05, 0.1) is 11.2 Å². The van der Waals surface area contributed by atoms with Crippen molar-refractivity contribution in [3.8, 4) is 17.0 Å². The Hall–Kier alpha value is -3.38. The number of benzene rings is 3. The third kappa shape index (κ3) is 4.71. The molecule has 33 heavy (non-hydrogen) atoms. The number of nitrogens with zero attached hydrogens (tertiary/aromatic N) is 1. The zero-order valence-corrected chi connectivity index (χ0v) is 19.2. The smallest absolute Gasteiger partial charge is 0.251 e. The summed E-state index contributed by atoms with van der Waals surface area (Å²) >= 11 is 0. The molecule has 1 aliphatic heterocycles. The number of ether oxygens (including phenoxy) is 1. The predicted molar refractivity (Wildman–Crippen MR) is 133 cm³/mol. The number of H-pyrrole nitrogens is 1. The third-order valence-electron chi connectivity index (χ3n) is 6.19. The Bertz CT molecular complexity index is 1290. The molecule has 0 unspecified atom stereocenters. The SMILES string of the molecule is CC(C)CNC(=O)c1ccc2[nH]nc(-c3ccc4cc(OC[C@@H]5CCCN5)ccc4c3)c2c1. The molecule has 0 saturated carbocycles. The van der Waals surface area contributed by atoms with E-state index in [2.05, 4.69) is 65.0 Å². The summed E-state index contributed by atoms with van der Waals surface area (Å²) in [5.74, 6) is 1.24. The van der Waals surface area contributed by atoms with E-state index in [-0.39, 0.29) is 5.91 Å². The van der Waals surface area contributed by atoms with Gasteiger partial charge in [-0.3, -0.25) is 9.89 Å². The fourth-order valence-electron chi connectivity index (χ4n) is 4.33. The molecule has 0 spiro atoms. The molecule has 170 valence electrons. The van der Waals surface area contributed by atoms with Crippen LogP contribution in [0, 0.1) is 5.92 Å². The number of hydrogen-bond donors (Lipinski definition) is 3. The van der Waals surface area contributed by atoms with E-state index in [4.69, 9.17) is 4.74 Å². The zero-order chi connectivity index (χ0) is 22.8. The lowest BCUT2D eigenvalue weighted by Gasteiger charge is -2.12. The maximum atomic E-state index is 12.5. The average molecular weight is 443 g/mol. The molecule has 1 amide bonds. The lowest BCUT2D eigenvalue weighted by atomic mass is 10.0. The molecule has 1 aliphatic rings. The summed E-state index contributed by atoms with van der Waals surface area (Å²) < 4.78 is 6.01. The van der Waals surface area contributed by atoms with Crippen LogP contribution >= 0.6 is 0 Å². The fraction of sp³-hybridized carbons (Fsp3) is 0.333. The number of nitrogens with one attached hydrogen (secondary N) is 3. The summed E-state index contributed by atoms with van der Waals surface area (Å²) in [5.41, 5.74) is 3.41. The minimum atomic E-state index is -0.0587. The number of carbonyl (C=O) groups is 1. The first-order chi connectivity index (χ1) is 16.1. The van der Waals surface area contributed by atoms with Crippen molar-refractivity contribution < 1.29 is 9.53 Å². The second kappa shape index (κ2) is 9.24. The highest BCUT2D eigenvalue weighted by Gasteiger charge is 2.15. The molecule has 2 heterocycles. The Morgan fingerprint density at radius 1 is 1.12 bits per heavy atom. The highest BCUT2D eigenvalue weighted by atomic mass is 16.5. The topological polar surface area (TPSA) is 79.0 Å². The molecule has 0 bridgehead atoms. The Balaban J connectivity index is 1.39. The second-order valence-corrected chi connectivity index (χ2v) is 9.26. The van der Waals surface area contributed by atoms with Crippen LogP contribution in [-0.2, 0) is 0 Å². The average Bonchev–Trinajstić information content (AvgIpc) is 3.50. The van der Waals surface area contributed by atoms with Gasteiger partial charge in [0.2, 0.25) is 0 Å². The maximum absolute atomic E-state index is 12.5. The molecule has 0 radical (unpaired) electrons. The predicted octanol–water partition coefficient (Wildman–Crippen LogP) is 4.90. The Morgan fingerprint density at radius 3 is 2.79 bits per heavy atom. The van der Waals surface area contributed by atoms with Crippen molar-refractivity contribution in [2.45, 2.75) is 32.7 Å². The molecule has 0 aliphatic carbocycles. The minimum Gasteiger partial charge on any atom is -0.492 e. The fourth-order valence-corrected chi connectivity index (χ4v) is 4.33. The van der Waals surface area contributed by atoms with Gasteiger partial charge in [-0.05, 0) is 72.5 Å². The van der Waals surface area contributed by atoms with Crippen LogP contribution in [-0.4, -0.2) is 41.8 Å². The summed E-state index contributed by atoms with van der Waals surface area (Å²) in [6, 6.07) is 18.7. The molecule has 3 aromatic carbocycles. The second-order valence-electron chi connectivity index (χ2n) is 9.26. The molecule has 5 rings (SSSR count). The van der Waals surface area contributed by atoms with Crippen LogP contribution in [0.4, 0.5) is 0 Å². The Morgan fingerprint density at radius 2 is 1.97 bits per heavy atom. The van der Waals surface area contributed by atoms with Crippen molar-refractivity contribution in [2.75, 3.05) is 19.7 Å². The summed E-state index contributed by atoms with van der Waals surface area (Å²) in [5, 5.41) is 17.3. The lowest BCUT2D eigenvalue weighted by molar-refractivity contribution is 0.0949. The van der Waals surface area contributed by atoms with Crippen molar-refractivity contribution in [3.63, 3.8) is 0 Å². The van der Waals surface area contributed by atoms with Gasteiger partial charge in [0.1, 0.15) is 12.4 Å². The van der Waals surface area contributed by atoms with E-state index in [1.165, 1.54) is 12.8 Å². The van der Waals surface area contributed by atoms with Crippen LogP contribution in [0.15, 0.2) is 54.6 Å². The van der Waals surface area contributed by atoms with E-state index in [0.29, 0.717) is 30.7 Å². The van der Waals surface area contributed by atoms with Gasteiger partial charge < -0.3 is 15.4 Å². The maximum Gasteiger partial charge on any atom is 0.251 e. The standard InChI is InChI=1S/C27H30N4O2/c1-17(2)15-29-27(32)21-8-10-25-24(14-21)26(31-30-25)20-6-5-19-13-23(9-7-18(19)12-20)33-16-22-4-3-11-28-22/h5-10,12-14,17,22,28H,3-4,11,15-16H2,1-2H3,(H,29,32)(H,30,31)/t22-/m0/s1. The normalized spacial score (nSPS) is 16.0. The Labute approximate surface area is 193 Å². The van der Waals surface area contributed by atoms with E-state index in [1.807, 2.05) is 24.3 Å². The summed E-state index contributed by atoms with van der Waals surface area (Å²) in [6.45, 7) is 6.61. The monoisotopic (exact) mass is 442 g/mol. The van der Waals surface area contributed by atoms with Gasteiger partial charge in [-0.15, -0.1) is 0 Å². The van der Waals surface area contributed by atoms with Crippen LogP contribution in [0.3, 0.4) is 0 Å². The van der Waals surface area contributed by atoms with Crippen molar-refractivity contribution in [3.05, 3.63) is 60.2 Å². The van der Waals surface area contributed by atoms with Crippen molar-refractivity contribution in [2.24, 2.45) is 5.92 Å². The third-order valence-corrected chi connectivity index (χ3v) is 6.19. The van der Waals surface area contributed by atoms with Crippen LogP contribution < -0.4 is 15.4 Å². The van der Waals surface area contributed by atoms with E-state index >= 15 is 0 Å². The van der Waals surface area contributed by atoms with Gasteiger partial charge in [0.15, 0.2) is 0 Å². The molecule has 4 aromatic rings. The van der Waals surface area contributed by atoms with Crippen molar-refractivity contribution in [1.82, 2.24) is 20.8 Å². The van der Waals surface area contributed by atoms with Gasteiger partial charge in [-0.1, -0.05) is 32.0 Å². The molecule has 6 heteroatoms. The van der Waals surface area contributed by atoms with E-state index < -0.39 is 0 Å². The Kier molecular flexibility index (Phi) is 6.01. The van der Waals surface area contributed by atoms with Gasteiger partial charge >= 0.3 is 0 Å². The number of aromatic amines is 1. The number of hydrogen-bond acceptors (Lipinski definition) is 4. The first kappa shape index (κ1) is 21.5. The number of aromatic nitrogens is 2. The van der Waals surface area contributed by atoms with E-state index in [9.17, 15) is 4.79 Å². The number of carbonyl (C=O) groups excluding carboxylic acids is 1. The van der Waals surface area contributed by atoms with E-state index in [1.54, 1.807) is 0 Å². The van der Waals surface area contributed by atoms with Gasteiger partial charge in [0, 0.05) is 29.1 Å². The van der Waals surface area contributed by atoms with Crippen LogP contribution in [0.25, 0.3) is 32.9 Å². The summed E-state index contributed by atoms with van der Waals surface area (Å²) in [6.07, 6.45) is 2.40. The first-order valence-corrected chi connectivity index (χ1v) is 11.7. The van der Waals surface area contributed by atoms with Crippen LogP contribution in [0.2, 0.25) is 0 Å². The first-order valence-electron chi connectivity index (χ1n) is 11.7. The number of rotatable bonds is 7. The highest BCUT2D eigenvalue weighted by molar-refractivity contribution is 6.02. The van der Waals surface area contributed by atoms with Crippen molar-refractivity contribution in [1.29, 1.82) is 0 Å². The quantitative estimate of drug-likeness (QED) is 0.380. The van der Waals surface area contributed by atoms with Gasteiger partial charge in [-0.25, -0.2) is 0 Å². The lowest BCUT2D eigenvalue weighted by Crippen LogP contribution is -2.28. The zero-order valence-electron chi connectivity index (χ0n) is 19.2. The molecule has 1 aromatic heterocycles. The molecular weight excluding hydrogens is 412 g/mol. The highest BCUT2D eigenvalue weighted by Crippen LogP contribution is 2.31. The molecule has 6 nitrogen and oxygen atoms in total. The van der Waals surface area contributed by atoms with E-state index in [0.717, 1.165) is 45.2 Å². The van der Waals surface area contributed by atoms with Crippen molar-refractivity contribution >= 4 is 27.6 Å². The summed E-state index contributed by atoms with van der Waals surface area (Å²) in [4.78, 5) is 12.5. The van der Waals surface area contributed by atoms with Gasteiger partial charge in [-0.2, -0.15) is 5.10 Å². The molecule has 1 saturated heterocycles. The van der Waals surface area contributed by atoms with Gasteiger partial charge in [0.25, 0.3) is 5.91 Å². The summed E-state index contributed by atoms with van der Waals surface area (Å²) in [7, 11) is 0. The number of amides is 1. The molecule has 1 atom stereocenters. The molecule has 3 N–H and O–H groups in total. The minimum absolute atomic E-state index is 0.0587. The van der Waals surface area contributed by atoms with Crippen LogP contribution in [0.5, 0.6) is 5.75 Å². The molecular formula is C27H30N4O2. The van der Waals surface area contributed by atoms with Crippen LogP contribution in [0.1, 0.15) is 37.0 Å².